The van der Waals surface area contributed by atoms with Crippen molar-refractivity contribution < 1.29 is 81.8 Å². The van der Waals surface area contributed by atoms with Gasteiger partial charge in [-0.1, -0.05) is 204 Å². The summed E-state index contributed by atoms with van der Waals surface area (Å²) in [5.41, 5.74) is 2.42. The number of aromatic hydroxyl groups is 1. The fourth-order valence-corrected chi connectivity index (χ4v) is 10.3. The number of hydrogen-bond donors (Lipinski definition) is 6. The molecule has 0 spiro atoms. The van der Waals surface area contributed by atoms with Crippen molar-refractivity contribution in [3.8, 4) is 63.9 Å². The summed E-state index contributed by atoms with van der Waals surface area (Å²) >= 11 is 33.8. The van der Waals surface area contributed by atoms with E-state index in [1.54, 1.807) is 103 Å². The second-order valence-electron chi connectivity index (χ2n) is 24.7. The molecular formula is C98H113Cl6N17O17. The standard InChI is InChI=1S/C17H16N4O3.C15H10ClN3O3.C12H9ClN2O2.2C11H7ClN2O2.C6H4Cl2N2O.C6H6O.C4H5NO2.C2H7N.C2H6O.6C2H6/c1-21(2)17-18-12(8-11-9-14(22)19-16(11)23)10-15(20-17)24-13-6-4-3-5-7-13;16-15-17-10(6-9-7-12(20)18-14(9)21)8-13(19-15)22-11-4-2-1-3-5-11;1-8(16)10-7-11(15-12(13)14-10)17-9-5-3-2-4-6-9;2*12-11-13-8(7-15)6-10(14-11)16-9-4-2-1-3-5-9;1-3(11)4-2-5(7)10-6(8)9-4;7-6-4-2-1-3-5-6;6-3-1-2-4(7)5-3;1-3-2;1-2-3;6*1-2/h3-8,10H,9H2,1-2H3,(H,19,22,23);1-6,8H,7H2,(H,18,20,21);2-7H,1H3;2*1-7H;2H,1H3;1-5,7H;1-2H2,(H,5,6,7);3H,1-2H3;3H,2H2,1H3;6*1-2H3/b11-8+;9-6+;;;;;;;;;;;;;;. The number of rotatable bonds is 17. The summed E-state index contributed by atoms with van der Waals surface area (Å²) < 4.78 is 27.6. The van der Waals surface area contributed by atoms with Crippen molar-refractivity contribution in [2.45, 2.75) is 130 Å². The number of ether oxygens (including phenoxy) is 5. The summed E-state index contributed by atoms with van der Waals surface area (Å²) in [6.45, 7) is 28.7. The van der Waals surface area contributed by atoms with Gasteiger partial charge in [-0.25, -0.2) is 34.9 Å². The van der Waals surface area contributed by atoms with Crippen molar-refractivity contribution in [3.63, 3.8) is 0 Å². The van der Waals surface area contributed by atoms with Crippen LogP contribution in [0.25, 0.3) is 12.2 Å². The average Bonchev–Trinajstić information content (AvgIpc) is 1.32. The first kappa shape index (κ1) is 124. The first-order valence-electron chi connectivity index (χ1n) is 42.8. The molecule has 0 atom stereocenters. The number of carbonyl (C=O) groups is 10. The maximum Gasteiger partial charge on any atom is 0.254 e. The Morgan fingerprint density at radius 1 is 0.370 bits per heavy atom. The molecule has 15 rings (SSSR count). The predicted molar refractivity (Wildman–Crippen MR) is 538 cm³/mol. The molecule has 0 radical (unpaired) electrons. The third-order valence-corrected chi connectivity index (χ3v) is 15.4. The van der Waals surface area contributed by atoms with Gasteiger partial charge in [-0.05, 0) is 164 Å². The molecule has 3 aliphatic heterocycles. The molecule has 6 aromatic carbocycles. The molecule has 3 saturated heterocycles. The summed E-state index contributed by atoms with van der Waals surface area (Å²) in [7, 11) is 7.37. The van der Waals surface area contributed by atoms with E-state index in [9.17, 15) is 47.9 Å². The van der Waals surface area contributed by atoms with Gasteiger partial charge in [-0.2, -0.15) is 24.9 Å². The summed E-state index contributed by atoms with van der Waals surface area (Å²) in [5, 5.41) is 25.6. The molecule has 6 amide bonds. The average molecular weight is 2010 g/mol. The van der Waals surface area contributed by atoms with Gasteiger partial charge < -0.3 is 44.1 Å². The lowest BCUT2D eigenvalue weighted by Crippen LogP contribution is -2.19. The number of phenols is 1. The second-order valence-corrected chi connectivity index (χ2v) is 26.8. The van der Waals surface area contributed by atoms with E-state index in [0.717, 1.165) is 0 Å². The van der Waals surface area contributed by atoms with Gasteiger partial charge in [-0.3, -0.25) is 63.9 Å². The Balaban J connectivity index is 0.00000155. The van der Waals surface area contributed by atoms with Gasteiger partial charge in [0.25, 0.3) is 11.8 Å². The highest BCUT2D eigenvalue weighted by molar-refractivity contribution is 6.32. The molecule has 0 bridgehead atoms. The lowest BCUT2D eigenvalue weighted by atomic mass is 10.2. The number of nitrogens with zero attached hydrogens (tertiary/aromatic N) is 13. The molecule has 138 heavy (non-hydrogen) atoms. The Morgan fingerprint density at radius 3 is 0.870 bits per heavy atom. The number of halogens is 6. The smallest absolute Gasteiger partial charge is 0.254 e. The first-order valence-corrected chi connectivity index (χ1v) is 45.1. The Hall–Kier alpha value is -14.4. The SMILES string of the molecule is CC.CC.CC.CC.CC.CC.CC(=O)c1cc(Cl)nc(Cl)n1.CC(=O)c1cc(Oc2ccccc2)nc(Cl)n1.CCO.CN(C)c1nc(/C=C2\CC(=O)NC2=O)cc(Oc2ccccc2)n1.CNC.O=C1C/C(=C\c2cc(Oc3ccccc3)nc(Cl)n2)C(=O)N1.O=C1CCC(=O)N1.O=Cc1cc(Oc2ccccc2)nc(Cl)n1.O=Cc1cc(Oc2ccccc2)nc(Cl)n1.Oc1ccccc1. The first-order chi connectivity index (χ1) is 66.4. The number of anilines is 1. The number of nitrogens with one attached hydrogen (secondary N) is 4. The van der Waals surface area contributed by atoms with Gasteiger partial charge in [0.1, 0.15) is 62.4 Å². The van der Waals surface area contributed by atoms with E-state index in [1.165, 1.54) is 44.2 Å². The number of benzene rings is 6. The second kappa shape index (κ2) is 74.0. The molecule has 34 nitrogen and oxygen atoms in total. The number of hydrogen-bond acceptors (Lipinski definition) is 31. The molecule has 3 aliphatic rings. The highest BCUT2D eigenvalue weighted by Gasteiger charge is 2.26. The summed E-state index contributed by atoms with van der Waals surface area (Å²) in [5.74, 6) is 3.09. The fourth-order valence-electron chi connectivity index (χ4n) is 9.13. The van der Waals surface area contributed by atoms with Gasteiger partial charge in [0.05, 0.1) is 24.2 Å². The molecular weight excluding hydrogens is 1900 g/mol. The quantitative estimate of drug-likeness (QED) is 0.0123. The lowest BCUT2D eigenvalue weighted by Gasteiger charge is -2.13. The van der Waals surface area contributed by atoms with Crippen molar-refractivity contribution in [3.05, 3.63) is 295 Å². The van der Waals surface area contributed by atoms with Crippen LogP contribution < -0.4 is 49.9 Å². The number of aromatic nitrogens is 12. The van der Waals surface area contributed by atoms with Crippen molar-refractivity contribution in [2.24, 2.45) is 0 Å². The Labute approximate surface area is 833 Å². The summed E-state index contributed by atoms with van der Waals surface area (Å²) in [6, 6.07) is 63.2. The van der Waals surface area contributed by atoms with Crippen LogP contribution in [0.5, 0.6) is 63.9 Å². The maximum atomic E-state index is 11.7. The largest absolute Gasteiger partial charge is 0.508 e. The van der Waals surface area contributed by atoms with Crippen molar-refractivity contribution in [2.75, 3.05) is 39.7 Å². The molecule has 40 heteroatoms. The van der Waals surface area contributed by atoms with Crippen LogP contribution in [0, 0.1) is 0 Å². The molecule has 0 unspecified atom stereocenters. The number of aldehydes is 2. The lowest BCUT2D eigenvalue weighted by molar-refractivity contribution is -0.126. The zero-order valence-electron chi connectivity index (χ0n) is 79.7. The minimum atomic E-state index is -0.426. The monoisotopic (exact) mass is 2010 g/mol. The number of aliphatic hydroxyl groups excluding tert-OH is 1. The van der Waals surface area contributed by atoms with Crippen LogP contribution in [-0.2, 0) is 28.8 Å². The fraction of sp³-hybridized carbons (Fsp3) is 0.245. The van der Waals surface area contributed by atoms with E-state index in [2.05, 4.69) is 81.1 Å². The van der Waals surface area contributed by atoms with E-state index in [1.807, 2.05) is 220 Å². The highest BCUT2D eigenvalue weighted by Crippen LogP contribution is 2.28. The zero-order chi connectivity index (χ0) is 104. The number of phenolic OH excluding ortho intramolecular Hbond substituents is 1. The number of imide groups is 3. The van der Waals surface area contributed by atoms with Crippen molar-refractivity contribution in [1.29, 1.82) is 0 Å². The van der Waals surface area contributed by atoms with E-state index >= 15 is 0 Å². The van der Waals surface area contributed by atoms with Crippen molar-refractivity contribution >= 4 is 147 Å². The summed E-state index contributed by atoms with van der Waals surface area (Å²) in [6.07, 6.45) is 5.07. The molecule has 3 fully saturated rings. The number of carbonyl (C=O) groups excluding carboxylic acids is 10. The molecule has 9 heterocycles. The number of para-hydroxylation sites is 6. The number of ketones is 2. The van der Waals surface area contributed by atoms with Crippen LogP contribution in [0.4, 0.5) is 5.95 Å². The number of aliphatic hydroxyl groups is 1. The van der Waals surface area contributed by atoms with Gasteiger partial charge in [0.2, 0.25) is 85.4 Å². The minimum absolute atomic E-state index is 0.00925. The van der Waals surface area contributed by atoms with Gasteiger partial charge in [0, 0.05) is 94.9 Å². The van der Waals surface area contributed by atoms with Gasteiger partial charge in [0.15, 0.2) is 24.1 Å². The topological polar surface area (TPSA) is 463 Å². The number of Topliss-reactive ketones (excluding diaryl/α,β-unsaturated/α-hetero) is 2. The van der Waals surface area contributed by atoms with E-state index < -0.39 is 11.8 Å². The van der Waals surface area contributed by atoms with E-state index in [0.29, 0.717) is 94.3 Å². The molecule has 6 N–H and O–H groups in total. The van der Waals surface area contributed by atoms with E-state index in [4.69, 9.17) is 104 Å². The van der Waals surface area contributed by atoms with Crippen molar-refractivity contribution in [1.82, 2.24) is 81.1 Å². The highest BCUT2D eigenvalue weighted by atomic mass is 35.5. The zero-order valence-corrected chi connectivity index (χ0v) is 84.3. The molecule has 734 valence electrons. The van der Waals surface area contributed by atoms with Crippen LogP contribution >= 0.6 is 69.6 Å². The normalized spacial score (nSPS) is 11.5. The third-order valence-electron chi connectivity index (χ3n) is 14.4. The molecule has 0 aliphatic carbocycles. The molecule has 6 aromatic heterocycles. The summed E-state index contributed by atoms with van der Waals surface area (Å²) in [4.78, 5) is 157. The Morgan fingerprint density at radius 2 is 0.623 bits per heavy atom. The van der Waals surface area contributed by atoms with Gasteiger partial charge >= 0.3 is 0 Å². The number of amides is 6. The van der Waals surface area contributed by atoms with E-state index in [-0.39, 0.29) is 133 Å². The molecule has 0 saturated carbocycles. The minimum Gasteiger partial charge on any atom is -0.508 e. The Bertz CT molecular complexity index is 5590. The van der Waals surface area contributed by atoms with Gasteiger partial charge in [-0.15, -0.1) is 0 Å². The van der Waals surface area contributed by atoms with Crippen LogP contribution in [0.15, 0.2) is 230 Å². The predicted octanol–water partition coefficient (Wildman–Crippen LogP) is 21.5. The third kappa shape index (κ3) is 53.1. The molecule has 12 aromatic rings. The van der Waals surface area contributed by atoms with Crippen LogP contribution in [-0.4, -0.2) is 164 Å². The van der Waals surface area contributed by atoms with Crippen LogP contribution in [0.1, 0.15) is 183 Å². The van der Waals surface area contributed by atoms with Crippen LogP contribution in [0.3, 0.4) is 0 Å². The Kier molecular flexibility index (Phi) is 66.3. The van der Waals surface area contributed by atoms with Crippen LogP contribution in [0.2, 0.25) is 31.6 Å². The maximum absolute atomic E-state index is 11.7.